The first-order valence-corrected chi connectivity index (χ1v) is 19.6. The Kier molecular flexibility index (Phi) is 25.2. The normalized spacial score (nSPS) is 12.9. The van der Waals surface area contributed by atoms with Crippen LogP contribution in [0.25, 0.3) is 10.8 Å². The van der Waals surface area contributed by atoms with Crippen LogP contribution in [0.3, 0.4) is 0 Å². The van der Waals surface area contributed by atoms with Gasteiger partial charge in [0.05, 0.1) is 46.2 Å². The Labute approximate surface area is 279 Å². The molecule has 0 amide bonds. The molecule has 2 aromatic rings. The van der Waals surface area contributed by atoms with Crippen LogP contribution in [-0.2, 0) is 32.5 Å². The highest BCUT2D eigenvalue weighted by Crippen LogP contribution is 2.50. The third-order valence-electron chi connectivity index (χ3n) is 7.89. The van der Waals surface area contributed by atoms with E-state index in [0.717, 1.165) is 30.0 Å². The van der Waals surface area contributed by atoms with Crippen LogP contribution < -0.4 is 4.89 Å². The summed E-state index contributed by atoms with van der Waals surface area (Å²) in [6.45, 7) is 7.35. The van der Waals surface area contributed by atoms with Gasteiger partial charge in [0, 0.05) is 12.0 Å². The first-order valence-electron chi connectivity index (χ1n) is 18.1. The van der Waals surface area contributed by atoms with Crippen molar-refractivity contribution >= 4 is 18.6 Å². The van der Waals surface area contributed by atoms with E-state index in [1.165, 1.54) is 89.9 Å². The molecular weight excluding hydrogens is 603 g/mol. The molecule has 2 aromatic carbocycles. The minimum absolute atomic E-state index is 0.0359. The van der Waals surface area contributed by atoms with Gasteiger partial charge in [-0.15, -0.1) is 0 Å². The highest BCUT2D eigenvalue weighted by Gasteiger charge is 2.29. The van der Waals surface area contributed by atoms with E-state index in [1.54, 1.807) is 6.07 Å². The van der Waals surface area contributed by atoms with Gasteiger partial charge in [-0.05, 0) is 24.8 Å². The number of unbranched alkanes of at least 4 members (excludes halogenated alkanes) is 16. The monoisotopic (exact) mass is 666 g/mol. The van der Waals surface area contributed by atoms with E-state index < -0.39 is 7.82 Å². The SMILES string of the molecule is CCCCCCCCCCCCCCCCCCCOP(=O)(OCCOCCOCCOCC)OOc1cccc2ccccc12. The molecule has 0 N–H and O–H groups in total. The lowest BCUT2D eigenvalue weighted by Crippen LogP contribution is -2.12. The molecule has 0 bridgehead atoms. The number of ether oxygens (including phenoxy) is 3. The van der Waals surface area contributed by atoms with Gasteiger partial charge < -0.3 is 19.1 Å². The van der Waals surface area contributed by atoms with E-state index in [2.05, 4.69) is 6.92 Å². The molecule has 0 heterocycles. The molecule has 0 spiro atoms. The number of hydrogen-bond donors (Lipinski definition) is 0. The molecule has 0 aromatic heterocycles. The number of phosphoric ester groups is 1. The van der Waals surface area contributed by atoms with Crippen molar-refractivity contribution in [2.75, 3.05) is 52.9 Å². The van der Waals surface area contributed by atoms with E-state index >= 15 is 0 Å². The molecule has 2 rings (SSSR count). The predicted octanol–water partition coefficient (Wildman–Crippen LogP) is 11.0. The zero-order valence-corrected chi connectivity index (χ0v) is 29.8. The smallest absolute Gasteiger partial charge is 0.379 e. The van der Waals surface area contributed by atoms with Crippen molar-refractivity contribution in [2.24, 2.45) is 0 Å². The molecule has 9 heteroatoms. The Hall–Kier alpha value is -1.51. The van der Waals surface area contributed by atoms with E-state index in [9.17, 15) is 4.57 Å². The number of fused-ring (bicyclic) bond motifs is 1. The van der Waals surface area contributed by atoms with Crippen LogP contribution in [0.5, 0.6) is 5.75 Å². The van der Waals surface area contributed by atoms with E-state index in [4.69, 9.17) is 32.8 Å². The molecular formula is C37H63O8P. The van der Waals surface area contributed by atoms with E-state index in [0.29, 0.717) is 38.8 Å². The van der Waals surface area contributed by atoms with Crippen LogP contribution in [0.1, 0.15) is 123 Å². The third kappa shape index (κ3) is 20.7. The zero-order chi connectivity index (χ0) is 32.8. The van der Waals surface area contributed by atoms with E-state index in [-0.39, 0.29) is 19.8 Å². The Morgan fingerprint density at radius 1 is 0.500 bits per heavy atom. The topological polar surface area (TPSA) is 81.7 Å². The molecule has 0 aliphatic carbocycles. The fourth-order valence-electron chi connectivity index (χ4n) is 5.23. The summed E-state index contributed by atoms with van der Waals surface area (Å²) in [4.78, 5) is 5.53. The molecule has 1 atom stereocenters. The summed E-state index contributed by atoms with van der Waals surface area (Å²) >= 11 is 0. The second kappa shape index (κ2) is 28.5. The maximum atomic E-state index is 13.4. The standard InChI is InChI=1S/C37H63O8P/c1-3-5-6-7-8-9-10-11-12-13-14-15-16-17-18-19-22-28-42-46(38,43-34-33-41-32-31-40-30-29-39-4-2)45-44-37-27-23-25-35-24-20-21-26-36(35)37/h20-21,23-27H,3-19,22,28-34H2,1-2H3. The maximum Gasteiger partial charge on any atom is 0.511 e. The van der Waals surface area contributed by atoms with Gasteiger partial charge in [0.25, 0.3) is 0 Å². The summed E-state index contributed by atoms with van der Waals surface area (Å²) < 4.78 is 46.2. The van der Waals surface area contributed by atoms with Gasteiger partial charge in [0.2, 0.25) is 0 Å². The number of benzene rings is 2. The molecule has 0 saturated heterocycles. The van der Waals surface area contributed by atoms with Gasteiger partial charge in [0.1, 0.15) is 0 Å². The first kappa shape index (κ1) is 40.7. The molecule has 0 radical (unpaired) electrons. The van der Waals surface area contributed by atoms with Crippen molar-refractivity contribution in [3.8, 4) is 5.75 Å². The van der Waals surface area contributed by atoms with Crippen LogP contribution >= 0.6 is 7.82 Å². The van der Waals surface area contributed by atoms with Crippen LogP contribution in [0.2, 0.25) is 0 Å². The lowest BCUT2D eigenvalue weighted by atomic mass is 10.0. The second-order valence-corrected chi connectivity index (χ2v) is 13.4. The van der Waals surface area contributed by atoms with Crippen molar-refractivity contribution in [3.05, 3.63) is 42.5 Å². The molecule has 0 fully saturated rings. The summed E-state index contributed by atoms with van der Waals surface area (Å²) in [5.41, 5.74) is 0. The maximum absolute atomic E-state index is 13.4. The lowest BCUT2D eigenvalue weighted by Gasteiger charge is -2.17. The molecule has 0 aliphatic rings. The number of hydrogen-bond acceptors (Lipinski definition) is 8. The van der Waals surface area contributed by atoms with Crippen LogP contribution in [-0.4, -0.2) is 52.9 Å². The second-order valence-electron chi connectivity index (χ2n) is 11.8. The molecule has 0 aliphatic heterocycles. The highest BCUT2D eigenvalue weighted by atomic mass is 31.2. The molecule has 264 valence electrons. The van der Waals surface area contributed by atoms with Crippen molar-refractivity contribution in [2.45, 2.75) is 123 Å². The summed E-state index contributed by atoms with van der Waals surface area (Å²) in [6.07, 6.45) is 22.0. The Morgan fingerprint density at radius 3 is 1.57 bits per heavy atom. The molecule has 1 unspecified atom stereocenters. The predicted molar refractivity (Wildman–Crippen MR) is 187 cm³/mol. The van der Waals surface area contributed by atoms with Gasteiger partial charge >= 0.3 is 7.82 Å². The molecule has 0 saturated carbocycles. The van der Waals surface area contributed by atoms with Crippen molar-refractivity contribution in [1.29, 1.82) is 0 Å². The Bertz CT molecular complexity index is 1010. The fourth-order valence-corrected chi connectivity index (χ4v) is 6.21. The number of rotatable bonds is 33. The Morgan fingerprint density at radius 2 is 0.978 bits per heavy atom. The van der Waals surface area contributed by atoms with Crippen LogP contribution in [0.4, 0.5) is 0 Å². The average molecular weight is 667 g/mol. The lowest BCUT2D eigenvalue weighted by molar-refractivity contribution is -0.132. The highest BCUT2D eigenvalue weighted by molar-refractivity contribution is 7.48. The summed E-state index contributed by atoms with van der Waals surface area (Å²) in [5.74, 6) is 0.448. The molecule has 8 nitrogen and oxygen atoms in total. The molecule has 46 heavy (non-hydrogen) atoms. The van der Waals surface area contributed by atoms with Gasteiger partial charge in [-0.2, -0.15) is 0 Å². The fraction of sp³-hybridized carbons (Fsp3) is 0.730. The average Bonchev–Trinajstić information content (AvgIpc) is 3.07. The first-order chi connectivity index (χ1) is 22.7. The third-order valence-corrected chi connectivity index (χ3v) is 9.15. The van der Waals surface area contributed by atoms with Gasteiger partial charge in [-0.3, -0.25) is 9.05 Å². The van der Waals surface area contributed by atoms with Gasteiger partial charge in [0.15, 0.2) is 5.75 Å². The van der Waals surface area contributed by atoms with Gasteiger partial charge in [-0.1, -0.05) is 151 Å². The summed E-state index contributed by atoms with van der Waals surface area (Å²) in [5, 5.41) is 1.83. The van der Waals surface area contributed by atoms with Crippen molar-refractivity contribution in [3.63, 3.8) is 0 Å². The van der Waals surface area contributed by atoms with Crippen molar-refractivity contribution < 1.29 is 37.4 Å². The minimum atomic E-state index is -3.98. The number of phosphoric acid groups is 1. The largest absolute Gasteiger partial charge is 0.511 e. The zero-order valence-electron chi connectivity index (χ0n) is 28.9. The quantitative estimate of drug-likeness (QED) is 0.0322. The summed E-state index contributed by atoms with van der Waals surface area (Å²) in [7, 11) is -3.98. The van der Waals surface area contributed by atoms with Crippen molar-refractivity contribution in [1.82, 2.24) is 0 Å². The Balaban J connectivity index is 1.59. The van der Waals surface area contributed by atoms with E-state index in [1.807, 2.05) is 43.3 Å². The summed E-state index contributed by atoms with van der Waals surface area (Å²) in [6, 6.07) is 13.4. The van der Waals surface area contributed by atoms with Gasteiger partial charge in [-0.25, -0.2) is 4.57 Å². The minimum Gasteiger partial charge on any atom is -0.379 e. The van der Waals surface area contributed by atoms with Crippen LogP contribution in [0, 0.1) is 0 Å². The van der Waals surface area contributed by atoms with Crippen LogP contribution in [0.15, 0.2) is 42.5 Å².